The molecule has 0 unspecified atom stereocenters. The third kappa shape index (κ3) is 3.12. The maximum absolute atomic E-state index is 6.49. The highest BCUT2D eigenvalue weighted by Gasteiger charge is 2.22. The van der Waals surface area contributed by atoms with Gasteiger partial charge in [0.15, 0.2) is 11.2 Å². The summed E-state index contributed by atoms with van der Waals surface area (Å²) >= 11 is 1.89. The second-order valence-corrected chi connectivity index (χ2v) is 12.2. The van der Waals surface area contributed by atoms with Gasteiger partial charge in [0, 0.05) is 41.9 Å². The van der Waals surface area contributed by atoms with E-state index in [1.165, 1.54) is 64.0 Å². The van der Waals surface area contributed by atoms with Crippen molar-refractivity contribution in [2.24, 2.45) is 0 Å². The number of benzene rings is 7. The lowest BCUT2D eigenvalue weighted by atomic mass is 9.84. The summed E-state index contributed by atoms with van der Waals surface area (Å²) < 4.78 is 15.0. The molecule has 43 heavy (non-hydrogen) atoms. The van der Waals surface area contributed by atoms with Crippen LogP contribution >= 0.6 is 11.3 Å². The van der Waals surface area contributed by atoms with E-state index in [2.05, 4.69) is 121 Å². The molecule has 0 bridgehead atoms. The first-order chi connectivity index (χ1) is 21.3. The van der Waals surface area contributed by atoms with Crippen molar-refractivity contribution in [2.75, 3.05) is 0 Å². The molecule has 3 heteroatoms. The van der Waals surface area contributed by atoms with E-state index in [0.29, 0.717) is 0 Å². The van der Waals surface area contributed by atoms with Crippen LogP contribution in [0, 0.1) is 0 Å². The molecule has 0 fully saturated rings. The summed E-state index contributed by atoms with van der Waals surface area (Å²) in [7, 11) is 0. The molecule has 10 aromatic rings. The Kier molecular flexibility index (Phi) is 4.63. The zero-order chi connectivity index (χ0) is 28.1. The van der Waals surface area contributed by atoms with Crippen molar-refractivity contribution in [3.8, 4) is 22.3 Å². The second-order valence-electron chi connectivity index (χ2n) is 11.2. The van der Waals surface area contributed by atoms with Crippen LogP contribution in [0.2, 0.25) is 0 Å². The largest absolute Gasteiger partial charge is 0.460 e. The van der Waals surface area contributed by atoms with E-state index in [-0.39, 0.29) is 0 Å². The minimum absolute atomic E-state index is 0.793. The quantitative estimate of drug-likeness (QED) is 0.195. The first-order valence-corrected chi connectivity index (χ1v) is 15.3. The minimum Gasteiger partial charge on any atom is -0.460 e. The molecule has 0 amide bonds. The van der Waals surface area contributed by atoms with Crippen molar-refractivity contribution in [3.05, 3.63) is 134 Å². The lowest BCUT2D eigenvalue weighted by molar-refractivity contribution is 0.600. The maximum Gasteiger partial charge on any atom is 0.178 e. The van der Waals surface area contributed by atoms with Gasteiger partial charge in [-0.15, -0.1) is 11.3 Å². The van der Waals surface area contributed by atoms with Gasteiger partial charge in [-0.25, -0.2) is 0 Å². The number of rotatable bonds is 2. The van der Waals surface area contributed by atoms with Crippen molar-refractivity contribution >= 4 is 86.0 Å². The number of hydrogen-bond donors (Lipinski definition) is 0. The number of furan rings is 2. The molecule has 0 saturated carbocycles. The van der Waals surface area contributed by atoms with Crippen LogP contribution in [0.3, 0.4) is 0 Å². The Labute approximate surface area is 250 Å². The van der Waals surface area contributed by atoms with Crippen LogP contribution in [0.25, 0.3) is 96.9 Å². The smallest absolute Gasteiger partial charge is 0.178 e. The summed E-state index contributed by atoms with van der Waals surface area (Å²) in [6.07, 6.45) is 1.73. The van der Waals surface area contributed by atoms with Gasteiger partial charge in [0.25, 0.3) is 0 Å². The predicted octanol–water partition coefficient (Wildman–Crippen LogP) is 12.3. The van der Waals surface area contributed by atoms with Crippen molar-refractivity contribution in [3.63, 3.8) is 0 Å². The normalized spacial score (nSPS) is 12.2. The number of hydrogen-bond acceptors (Lipinski definition) is 3. The molecule has 0 radical (unpaired) electrons. The fourth-order valence-corrected chi connectivity index (χ4v) is 8.39. The van der Waals surface area contributed by atoms with Gasteiger partial charge < -0.3 is 8.83 Å². The fraction of sp³-hybridized carbons (Fsp3) is 0. The molecule has 0 aliphatic rings. The van der Waals surface area contributed by atoms with Gasteiger partial charge in [-0.05, 0) is 62.5 Å². The highest BCUT2D eigenvalue weighted by molar-refractivity contribution is 7.26. The molecule has 10 rings (SSSR count). The van der Waals surface area contributed by atoms with Crippen molar-refractivity contribution in [1.82, 2.24) is 0 Å². The first-order valence-electron chi connectivity index (χ1n) is 14.5. The Morgan fingerprint density at radius 2 is 1.07 bits per heavy atom. The maximum atomic E-state index is 6.49. The topological polar surface area (TPSA) is 26.3 Å². The van der Waals surface area contributed by atoms with Crippen LogP contribution in [0.15, 0.2) is 142 Å². The number of thiophene rings is 1. The van der Waals surface area contributed by atoms with Crippen molar-refractivity contribution in [2.45, 2.75) is 0 Å². The minimum atomic E-state index is 0.793. The van der Waals surface area contributed by atoms with Gasteiger partial charge in [0.2, 0.25) is 0 Å². The van der Waals surface area contributed by atoms with E-state index >= 15 is 0 Å². The average molecular weight is 567 g/mol. The summed E-state index contributed by atoms with van der Waals surface area (Å²) in [6.45, 7) is 0. The van der Waals surface area contributed by atoms with Crippen molar-refractivity contribution in [1.29, 1.82) is 0 Å². The van der Waals surface area contributed by atoms with Gasteiger partial charge in [-0.2, -0.15) is 0 Å². The second kappa shape index (κ2) is 8.57. The number of fused-ring (bicyclic) bond motifs is 10. The third-order valence-electron chi connectivity index (χ3n) is 8.96. The van der Waals surface area contributed by atoms with Crippen LogP contribution in [-0.4, -0.2) is 0 Å². The molecule has 0 atom stereocenters. The summed E-state index contributed by atoms with van der Waals surface area (Å²) in [4.78, 5) is 0. The zero-order valence-corrected chi connectivity index (χ0v) is 23.7. The molecule has 200 valence electrons. The van der Waals surface area contributed by atoms with E-state index in [1.807, 2.05) is 17.4 Å². The molecule has 7 aromatic carbocycles. The van der Waals surface area contributed by atoms with Crippen LogP contribution < -0.4 is 0 Å². The van der Waals surface area contributed by atoms with E-state index < -0.39 is 0 Å². The first kappa shape index (κ1) is 23.2. The molecule has 2 nitrogen and oxygen atoms in total. The molecule has 0 N–H and O–H groups in total. The van der Waals surface area contributed by atoms with Gasteiger partial charge >= 0.3 is 0 Å². The monoisotopic (exact) mass is 566 g/mol. The molecule has 3 aromatic heterocycles. The Morgan fingerprint density at radius 3 is 1.84 bits per heavy atom. The summed E-state index contributed by atoms with van der Waals surface area (Å²) in [5.74, 6) is 0. The Bertz CT molecular complexity index is 2680. The molecule has 3 heterocycles. The highest BCUT2D eigenvalue weighted by atomic mass is 32.1. The molecule has 0 aliphatic carbocycles. The lowest BCUT2D eigenvalue weighted by Crippen LogP contribution is -1.91. The van der Waals surface area contributed by atoms with Gasteiger partial charge in [0.1, 0.15) is 5.58 Å². The fourth-order valence-electron chi connectivity index (χ4n) is 7.17. The van der Waals surface area contributed by atoms with Gasteiger partial charge in [-0.1, -0.05) is 103 Å². The molecule has 0 saturated heterocycles. The SMILES string of the molecule is c1cc(-c2c3ccccc3c(-c3cccc4c3sc3ccccc34)c3ccccc23)c2c(c1)oc1c2ccc2ccoc21. The van der Waals surface area contributed by atoms with Gasteiger partial charge in [0.05, 0.1) is 6.26 Å². The molecule has 0 aliphatic heterocycles. The summed E-state index contributed by atoms with van der Waals surface area (Å²) in [5, 5.41) is 10.8. The van der Waals surface area contributed by atoms with Crippen LogP contribution in [0.5, 0.6) is 0 Å². The summed E-state index contributed by atoms with van der Waals surface area (Å²) in [5.41, 5.74) is 7.42. The van der Waals surface area contributed by atoms with E-state index in [0.717, 1.165) is 32.9 Å². The Morgan fingerprint density at radius 1 is 0.442 bits per heavy atom. The lowest BCUT2D eigenvalue weighted by Gasteiger charge is -2.18. The Hall–Kier alpha value is -5.38. The van der Waals surface area contributed by atoms with Crippen LogP contribution in [0.4, 0.5) is 0 Å². The molecular weight excluding hydrogens is 545 g/mol. The third-order valence-corrected chi connectivity index (χ3v) is 10.2. The Balaban J connectivity index is 1.37. The standard InChI is InChI=1S/C40H22O2S/c1-3-12-27-25(10-1)35(30-15-8-17-33-37(30)31-20-19-23-21-22-41-38(23)39(31)42-33)26-11-2-4-13-28(26)36(27)32-16-7-14-29-24-9-5-6-18-34(24)43-40(29)32/h1-22H. The van der Waals surface area contributed by atoms with Crippen LogP contribution in [0.1, 0.15) is 0 Å². The predicted molar refractivity (Wildman–Crippen MR) is 182 cm³/mol. The van der Waals surface area contributed by atoms with Gasteiger partial charge in [-0.3, -0.25) is 0 Å². The highest BCUT2D eigenvalue weighted by Crippen LogP contribution is 2.49. The molecule has 0 spiro atoms. The van der Waals surface area contributed by atoms with E-state index in [9.17, 15) is 0 Å². The zero-order valence-electron chi connectivity index (χ0n) is 22.9. The van der Waals surface area contributed by atoms with E-state index in [1.54, 1.807) is 6.26 Å². The van der Waals surface area contributed by atoms with Crippen molar-refractivity contribution < 1.29 is 8.83 Å². The molecular formula is C40H22O2S. The summed E-state index contributed by atoms with van der Waals surface area (Å²) in [6, 6.07) is 46.0. The van der Waals surface area contributed by atoms with Crippen LogP contribution in [-0.2, 0) is 0 Å². The average Bonchev–Trinajstić information content (AvgIpc) is 3.79. The van der Waals surface area contributed by atoms with E-state index in [4.69, 9.17) is 8.83 Å².